The lowest BCUT2D eigenvalue weighted by Crippen LogP contribution is -2.82. The van der Waals surface area contributed by atoms with Gasteiger partial charge in [-0.15, -0.1) is 0 Å². The van der Waals surface area contributed by atoms with Crippen LogP contribution in [0.2, 0.25) is 0 Å². The van der Waals surface area contributed by atoms with Gasteiger partial charge in [0.05, 0.1) is 35.6 Å². The van der Waals surface area contributed by atoms with Crippen molar-refractivity contribution in [3.05, 3.63) is 119 Å². The first-order valence-corrected chi connectivity index (χ1v) is 21.3. The minimum absolute atomic E-state index is 0.000448. The second-order valence-electron chi connectivity index (χ2n) is 18.1. The molecule has 2 amide bonds. The summed E-state index contributed by atoms with van der Waals surface area (Å²) in [4.78, 5) is 86.0. The van der Waals surface area contributed by atoms with Crippen LogP contribution in [-0.2, 0) is 38.1 Å². The number of amides is 2. The molecule has 3 aromatic rings. The van der Waals surface area contributed by atoms with E-state index in [9.17, 15) is 39.3 Å². The van der Waals surface area contributed by atoms with Gasteiger partial charge in [0.25, 0.3) is 5.91 Å². The summed E-state index contributed by atoms with van der Waals surface area (Å²) < 4.78 is 30.7. The monoisotopic (exact) mass is 880 g/mol. The summed E-state index contributed by atoms with van der Waals surface area (Å²) in [6.07, 6.45) is -11.3. The van der Waals surface area contributed by atoms with E-state index in [4.69, 9.17) is 23.7 Å². The topological polar surface area (TPSA) is 224 Å². The zero-order valence-corrected chi connectivity index (χ0v) is 36.1. The van der Waals surface area contributed by atoms with Crippen LogP contribution in [0.25, 0.3) is 0 Å². The number of carbonyl (C=O) groups is 6. The van der Waals surface area contributed by atoms with Gasteiger partial charge in [0.2, 0.25) is 0 Å². The number of fused-ring (bicyclic) bond motifs is 5. The highest BCUT2D eigenvalue weighted by Crippen LogP contribution is 2.64. The number of nitrogens with one attached hydrogen (secondary N) is 1. The maximum absolute atomic E-state index is 15.6. The molecular weight excluding hydrogens is 829 g/mol. The molecule has 8 rings (SSSR count). The Morgan fingerprint density at radius 3 is 2.02 bits per heavy atom. The average molecular weight is 881 g/mol. The number of esters is 3. The van der Waals surface area contributed by atoms with E-state index in [2.05, 4.69) is 5.32 Å². The molecule has 5 aliphatic rings. The predicted molar refractivity (Wildman–Crippen MR) is 224 cm³/mol. The number of rotatable bonds is 10. The minimum Gasteiger partial charge on any atom is -0.456 e. The molecule has 0 radical (unpaired) electrons. The van der Waals surface area contributed by atoms with Crippen molar-refractivity contribution >= 4 is 35.7 Å². The lowest BCUT2D eigenvalue weighted by Gasteiger charge is -2.67. The van der Waals surface area contributed by atoms with Crippen LogP contribution in [0, 0.1) is 16.7 Å². The van der Waals surface area contributed by atoms with Crippen LogP contribution in [0.5, 0.6) is 0 Å². The third-order valence-electron chi connectivity index (χ3n) is 14.1. The Balaban J connectivity index is 1.27. The molecular formula is C48H52N2O14. The number of aliphatic hydroxyl groups excluding tert-OH is 2. The van der Waals surface area contributed by atoms with Crippen molar-refractivity contribution in [1.29, 1.82) is 0 Å². The van der Waals surface area contributed by atoms with Crippen molar-refractivity contribution in [1.82, 2.24) is 10.2 Å². The number of benzene rings is 3. The zero-order valence-electron chi connectivity index (χ0n) is 36.1. The first-order chi connectivity index (χ1) is 30.3. The Bertz CT molecular complexity index is 2370. The van der Waals surface area contributed by atoms with E-state index in [1.807, 2.05) is 0 Å². The summed E-state index contributed by atoms with van der Waals surface area (Å²) >= 11 is 0. The van der Waals surface area contributed by atoms with E-state index in [0.29, 0.717) is 18.7 Å². The van der Waals surface area contributed by atoms with E-state index < -0.39 is 113 Å². The highest BCUT2D eigenvalue weighted by Gasteiger charge is 2.78. The standard InChI is InChI=1S/C48H52N2O14/c1-26-31(62-43(57)36(53)35(28-15-9-6-10-16-28)49-41(55)29-17-11-7-12-18-29)24-48(59)40(63-42(56)30-19-13-8-14-20-30)38-46(5,39(54)37(61-27(2)51)34(26)45(48,3)4)32(52)23-33-47(38,25-60-33)64-44(58)50-21-22-50/h6-20,31-33,35-38,40,52-53,59H,21-25H2,1-5H3,(H,49,55)/t31-,32-,33+,35?,36+,37+,38?,40-,46+,47-,48+/m0/s1. The molecule has 0 aromatic heterocycles. The number of carbonyl (C=O) groups excluding carboxylic acids is 6. The Morgan fingerprint density at radius 1 is 0.859 bits per heavy atom. The van der Waals surface area contributed by atoms with Crippen molar-refractivity contribution in [2.24, 2.45) is 16.7 Å². The maximum atomic E-state index is 15.6. The number of hydrogen-bond donors (Lipinski definition) is 4. The molecule has 2 bridgehead atoms. The Labute approximate surface area is 369 Å². The largest absolute Gasteiger partial charge is 0.456 e. The highest BCUT2D eigenvalue weighted by molar-refractivity contribution is 5.96. The Hall–Kier alpha value is -5.94. The van der Waals surface area contributed by atoms with Crippen molar-refractivity contribution in [3.8, 4) is 0 Å². The quantitative estimate of drug-likeness (QED) is 0.0989. The second kappa shape index (κ2) is 16.6. The van der Waals surface area contributed by atoms with Crippen LogP contribution in [0.4, 0.5) is 4.79 Å². The molecule has 3 aliphatic carbocycles. The summed E-state index contributed by atoms with van der Waals surface area (Å²) in [5.74, 6) is -6.05. The molecule has 2 aliphatic heterocycles. The average Bonchev–Trinajstić information content (AvgIpc) is 4.13. The van der Waals surface area contributed by atoms with E-state index in [1.165, 1.54) is 30.9 Å². The van der Waals surface area contributed by atoms with Gasteiger partial charge in [-0.3, -0.25) is 14.4 Å². The molecule has 64 heavy (non-hydrogen) atoms. The van der Waals surface area contributed by atoms with E-state index >= 15 is 4.79 Å². The van der Waals surface area contributed by atoms with E-state index in [0.717, 1.165) is 6.92 Å². The van der Waals surface area contributed by atoms with Crippen molar-refractivity contribution < 1.29 is 67.8 Å². The van der Waals surface area contributed by atoms with Crippen LogP contribution >= 0.6 is 0 Å². The predicted octanol–water partition coefficient (Wildman–Crippen LogP) is 3.62. The van der Waals surface area contributed by atoms with Crippen molar-refractivity contribution in [3.63, 3.8) is 0 Å². The second-order valence-corrected chi connectivity index (χ2v) is 18.1. The Morgan fingerprint density at radius 2 is 1.45 bits per heavy atom. The summed E-state index contributed by atoms with van der Waals surface area (Å²) in [6, 6.07) is 23.0. The molecule has 4 fully saturated rings. The fourth-order valence-corrected chi connectivity index (χ4v) is 10.4. The number of Topliss-reactive ketones (excluding diaryl/α,β-unsaturated/α-hetero) is 1. The first kappa shape index (κ1) is 44.7. The first-order valence-electron chi connectivity index (χ1n) is 21.3. The number of aliphatic hydroxyl groups is 3. The van der Waals surface area contributed by atoms with Gasteiger partial charge in [-0.05, 0) is 54.8 Å². The SMILES string of the molecule is CC(=O)O[C@H]1C(=O)[C@@]2(C)C([C@H](OC(=O)c3ccccc3)[C@]3(O)C[C@H](OC(=O)[C@H](O)C(NC(=O)c4ccccc4)c4ccccc4)C(C)=C1C3(C)C)[C@]1(OC(=O)N3CC3)CO[C@@H]1C[C@@H]2O. The molecule has 0 spiro atoms. The molecule has 16 nitrogen and oxygen atoms in total. The summed E-state index contributed by atoms with van der Waals surface area (Å²) in [7, 11) is 0. The minimum atomic E-state index is -2.40. The number of ether oxygens (including phenoxy) is 5. The van der Waals surface area contributed by atoms with Gasteiger partial charge in [0, 0.05) is 43.8 Å². The lowest BCUT2D eigenvalue weighted by atomic mass is 9.44. The number of hydrogen-bond acceptors (Lipinski definition) is 14. The molecule has 3 aromatic carbocycles. The van der Waals surface area contributed by atoms with Crippen molar-refractivity contribution in [2.75, 3.05) is 19.7 Å². The summed E-state index contributed by atoms with van der Waals surface area (Å²) in [5.41, 5.74) is -7.05. The Kier molecular flexibility index (Phi) is 11.6. The molecule has 2 saturated heterocycles. The number of ketones is 1. The molecule has 2 heterocycles. The van der Waals surface area contributed by atoms with Crippen molar-refractivity contribution in [2.45, 2.75) is 101 Å². The molecule has 338 valence electrons. The summed E-state index contributed by atoms with van der Waals surface area (Å²) in [5, 5.41) is 40.5. The normalized spacial score (nSPS) is 32.1. The number of nitrogens with zero attached hydrogens (tertiary/aromatic N) is 1. The van der Waals surface area contributed by atoms with Gasteiger partial charge >= 0.3 is 24.0 Å². The van der Waals surface area contributed by atoms with Crippen LogP contribution in [0.15, 0.2) is 102 Å². The van der Waals surface area contributed by atoms with Gasteiger partial charge in [-0.2, -0.15) is 0 Å². The fourth-order valence-electron chi connectivity index (χ4n) is 10.4. The third kappa shape index (κ3) is 7.35. The maximum Gasteiger partial charge on any atom is 0.410 e. The zero-order chi connectivity index (χ0) is 45.9. The lowest BCUT2D eigenvalue weighted by molar-refractivity contribution is -0.342. The smallest absolute Gasteiger partial charge is 0.410 e. The van der Waals surface area contributed by atoms with E-state index in [-0.39, 0.29) is 35.3 Å². The van der Waals surface area contributed by atoms with Crippen LogP contribution in [0.3, 0.4) is 0 Å². The van der Waals surface area contributed by atoms with E-state index in [1.54, 1.807) is 92.7 Å². The molecule has 2 unspecified atom stereocenters. The summed E-state index contributed by atoms with van der Waals surface area (Å²) in [6.45, 7) is 7.67. The van der Waals surface area contributed by atoms with Gasteiger partial charge in [-0.25, -0.2) is 14.4 Å². The van der Waals surface area contributed by atoms with Gasteiger partial charge in [-0.1, -0.05) is 80.6 Å². The molecule has 11 atom stereocenters. The van der Waals surface area contributed by atoms with Gasteiger partial charge < -0.3 is 49.2 Å². The van der Waals surface area contributed by atoms with Crippen LogP contribution < -0.4 is 5.32 Å². The van der Waals surface area contributed by atoms with Gasteiger partial charge in [0.1, 0.15) is 23.9 Å². The highest BCUT2D eigenvalue weighted by atomic mass is 16.6. The van der Waals surface area contributed by atoms with Crippen LogP contribution in [-0.4, -0.2) is 123 Å². The van der Waals surface area contributed by atoms with Gasteiger partial charge in [0.15, 0.2) is 23.6 Å². The molecule has 16 heteroatoms. The molecule has 4 N–H and O–H groups in total. The third-order valence-corrected chi connectivity index (χ3v) is 14.1. The van der Waals surface area contributed by atoms with Crippen LogP contribution in [0.1, 0.15) is 79.8 Å². The fraction of sp³-hybridized carbons (Fsp3) is 0.458. The molecule has 2 saturated carbocycles.